The van der Waals surface area contributed by atoms with Crippen LogP contribution < -0.4 is 10.6 Å². The van der Waals surface area contributed by atoms with Crippen molar-refractivity contribution < 1.29 is 14.3 Å². The van der Waals surface area contributed by atoms with E-state index in [-0.39, 0.29) is 24.0 Å². The predicted octanol–water partition coefficient (Wildman–Crippen LogP) is 2.96. The number of morpholine rings is 1. The molecule has 0 bridgehead atoms. The average Bonchev–Trinajstić information content (AvgIpc) is 3.00. The molecule has 2 heterocycles. The minimum atomic E-state index is -0.223. The molecule has 0 radical (unpaired) electrons. The number of nitrogens with zero attached hydrogens (tertiary/aromatic N) is 2. The average molecular weight is 388 g/mol. The van der Waals surface area contributed by atoms with Gasteiger partial charge in [0.2, 0.25) is 5.91 Å². The Morgan fingerprint density at radius 1 is 1.19 bits per heavy atom. The number of nitrogens with one attached hydrogen (secondary N) is 2. The van der Waals surface area contributed by atoms with Gasteiger partial charge >= 0.3 is 0 Å². The van der Waals surface area contributed by atoms with Gasteiger partial charge in [-0.1, -0.05) is 0 Å². The Kier molecular flexibility index (Phi) is 6.20. The number of amides is 2. The van der Waals surface area contributed by atoms with Crippen LogP contribution in [0.3, 0.4) is 0 Å². The number of aromatic nitrogens is 1. The Hall–Kier alpha value is -2.29. The normalized spacial score (nSPS) is 20.3. The van der Waals surface area contributed by atoms with E-state index < -0.39 is 0 Å². The third-order valence-corrected chi connectivity index (χ3v) is 4.93. The van der Waals surface area contributed by atoms with Crippen molar-refractivity contribution in [2.24, 2.45) is 0 Å². The van der Waals surface area contributed by atoms with E-state index in [1.165, 1.54) is 18.3 Å². The van der Waals surface area contributed by atoms with Crippen LogP contribution >= 0.6 is 11.3 Å². The Morgan fingerprint density at radius 3 is 2.48 bits per heavy atom. The van der Waals surface area contributed by atoms with Gasteiger partial charge in [0, 0.05) is 43.2 Å². The van der Waals surface area contributed by atoms with Crippen molar-refractivity contribution in [1.82, 2.24) is 9.88 Å². The van der Waals surface area contributed by atoms with E-state index in [1.54, 1.807) is 24.3 Å². The van der Waals surface area contributed by atoms with Crippen LogP contribution in [-0.4, -0.2) is 47.0 Å². The molecular weight excluding hydrogens is 364 g/mol. The lowest BCUT2D eigenvalue weighted by atomic mass is 10.2. The first-order valence-electron chi connectivity index (χ1n) is 8.90. The number of hydrogen-bond donors (Lipinski definition) is 2. The zero-order chi connectivity index (χ0) is 19.4. The molecular formula is C19H24N4O3S. The first-order valence-corrected chi connectivity index (χ1v) is 9.78. The molecule has 2 unspecified atom stereocenters. The fourth-order valence-electron chi connectivity index (χ4n) is 3.16. The van der Waals surface area contributed by atoms with Crippen molar-refractivity contribution in [3.05, 3.63) is 40.9 Å². The number of anilines is 2. The Bertz CT molecular complexity index is 796. The third-order valence-electron chi connectivity index (χ3n) is 4.12. The molecule has 1 aromatic carbocycles. The maximum absolute atomic E-state index is 12.4. The van der Waals surface area contributed by atoms with Crippen LogP contribution in [0.5, 0.6) is 0 Å². The Balaban J connectivity index is 1.57. The highest BCUT2D eigenvalue weighted by molar-refractivity contribution is 7.13. The maximum atomic E-state index is 12.4. The van der Waals surface area contributed by atoms with Crippen molar-refractivity contribution in [2.45, 2.75) is 39.5 Å². The van der Waals surface area contributed by atoms with E-state index in [1.807, 2.05) is 5.38 Å². The molecule has 0 spiro atoms. The number of benzene rings is 1. The van der Waals surface area contributed by atoms with Crippen LogP contribution in [0.4, 0.5) is 10.8 Å². The number of thiazole rings is 1. The second-order valence-corrected chi connectivity index (χ2v) is 7.67. The van der Waals surface area contributed by atoms with Gasteiger partial charge in [-0.3, -0.25) is 19.8 Å². The fourth-order valence-corrected chi connectivity index (χ4v) is 3.85. The van der Waals surface area contributed by atoms with Crippen LogP contribution in [0.2, 0.25) is 0 Å². The topological polar surface area (TPSA) is 83.6 Å². The number of carbonyl (C=O) groups is 2. The molecule has 27 heavy (non-hydrogen) atoms. The summed E-state index contributed by atoms with van der Waals surface area (Å²) in [5, 5.41) is 8.06. The van der Waals surface area contributed by atoms with Gasteiger partial charge in [0.25, 0.3) is 5.91 Å². The molecule has 2 aromatic rings. The van der Waals surface area contributed by atoms with E-state index in [4.69, 9.17) is 4.74 Å². The quantitative estimate of drug-likeness (QED) is 0.823. The van der Waals surface area contributed by atoms with E-state index in [2.05, 4.69) is 34.4 Å². The molecule has 0 saturated carbocycles. The summed E-state index contributed by atoms with van der Waals surface area (Å²) < 4.78 is 5.75. The Morgan fingerprint density at radius 2 is 1.85 bits per heavy atom. The van der Waals surface area contributed by atoms with Crippen molar-refractivity contribution in [2.75, 3.05) is 23.7 Å². The van der Waals surface area contributed by atoms with Crippen molar-refractivity contribution in [3.8, 4) is 0 Å². The van der Waals surface area contributed by atoms with Crippen molar-refractivity contribution >= 4 is 34.0 Å². The molecule has 0 aliphatic carbocycles. The van der Waals surface area contributed by atoms with Crippen molar-refractivity contribution in [1.29, 1.82) is 0 Å². The summed E-state index contributed by atoms with van der Waals surface area (Å²) in [6.07, 6.45) is 0.430. The van der Waals surface area contributed by atoms with Crippen LogP contribution in [-0.2, 0) is 16.1 Å². The number of rotatable bonds is 5. The van der Waals surface area contributed by atoms with Gasteiger partial charge in [0.05, 0.1) is 17.9 Å². The molecule has 1 aliphatic rings. The lowest BCUT2D eigenvalue weighted by Gasteiger charge is -2.34. The highest BCUT2D eigenvalue weighted by Gasteiger charge is 2.22. The van der Waals surface area contributed by atoms with Gasteiger partial charge in [0.1, 0.15) is 0 Å². The van der Waals surface area contributed by atoms with Gasteiger partial charge in [-0.15, -0.1) is 11.3 Å². The maximum Gasteiger partial charge on any atom is 0.257 e. The second kappa shape index (κ2) is 8.60. The molecule has 1 fully saturated rings. The zero-order valence-corrected chi connectivity index (χ0v) is 16.5. The summed E-state index contributed by atoms with van der Waals surface area (Å²) in [5.74, 6) is -0.370. The monoisotopic (exact) mass is 388 g/mol. The molecule has 8 heteroatoms. The second-order valence-electron chi connectivity index (χ2n) is 6.81. The molecule has 2 amide bonds. The fraction of sp³-hybridized carbons (Fsp3) is 0.421. The minimum Gasteiger partial charge on any atom is -0.373 e. The highest BCUT2D eigenvalue weighted by Crippen LogP contribution is 2.20. The van der Waals surface area contributed by atoms with Crippen LogP contribution in [0, 0.1) is 0 Å². The molecule has 1 aliphatic heterocycles. The standard InChI is InChI=1S/C19H24N4O3S/c1-12-8-23(9-13(2)26-12)10-17-11-27-19(21-17)22-18(25)15-4-6-16(7-5-15)20-14(3)24/h4-7,11-13H,8-10H2,1-3H3,(H,20,24)(H,21,22,25). The third kappa shape index (κ3) is 5.59. The van der Waals surface area contributed by atoms with Crippen molar-refractivity contribution in [3.63, 3.8) is 0 Å². The van der Waals surface area contributed by atoms with Gasteiger partial charge in [0.15, 0.2) is 5.13 Å². The summed E-state index contributed by atoms with van der Waals surface area (Å²) in [7, 11) is 0. The molecule has 144 valence electrons. The Labute approximate surface area is 162 Å². The van der Waals surface area contributed by atoms with Crippen LogP contribution in [0.1, 0.15) is 36.8 Å². The summed E-state index contributed by atoms with van der Waals surface area (Å²) in [5.41, 5.74) is 2.11. The molecule has 2 atom stereocenters. The van der Waals surface area contributed by atoms with Gasteiger partial charge in [-0.25, -0.2) is 4.98 Å². The number of ether oxygens (including phenoxy) is 1. The first kappa shape index (κ1) is 19.5. The summed E-state index contributed by atoms with van der Waals surface area (Å²) in [4.78, 5) is 30.3. The van der Waals surface area contributed by atoms with Gasteiger partial charge < -0.3 is 10.1 Å². The summed E-state index contributed by atoms with van der Waals surface area (Å²) in [6, 6.07) is 6.74. The molecule has 7 nitrogen and oxygen atoms in total. The largest absolute Gasteiger partial charge is 0.373 e. The number of carbonyl (C=O) groups excluding carboxylic acids is 2. The lowest BCUT2D eigenvalue weighted by Crippen LogP contribution is -2.44. The smallest absolute Gasteiger partial charge is 0.257 e. The summed E-state index contributed by atoms with van der Waals surface area (Å²) >= 11 is 1.42. The molecule has 1 saturated heterocycles. The SMILES string of the molecule is CC(=O)Nc1ccc(C(=O)Nc2nc(CN3CC(C)OC(C)C3)cs2)cc1. The summed E-state index contributed by atoms with van der Waals surface area (Å²) in [6.45, 7) is 8.10. The van der Waals surface area contributed by atoms with E-state index in [0.717, 1.165) is 25.3 Å². The van der Waals surface area contributed by atoms with Crippen LogP contribution in [0.15, 0.2) is 29.6 Å². The lowest BCUT2D eigenvalue weighted by molar-refractivity contribution is -0.114. The first-order chi connectivity index (χ1) is 12.9. The van der Waals surface area contributed by atoms with E-state index in [9.17, 15) is 9.59 Å². The molecule has 2 N–H and O–H groups in total. The van der Waals surface area contributed by atoms with Crippen LogP contribution in [0.25, 0.3) is 0 Å². The minimum absolute atomic E-state index is 0.147. The highest BCUT2D eigenvalue weighted by atomic mass is 32.1. The zero-order valence-electron chi connectivity index (χ0n) is 15.7. The van der Waals surface area contributed by atoms with Gasteiger partial charge in [-0.2, -0.15) is 0 Å². The van der Waals surface area contributed by atoms with E-state index in [0.29, 0.717) is 16.4 Å². The number of hydrogen-bond acceptors (Lipinski definition) is 6. The van der Waals surface area contributed by atoms with Gasteiger partial charge in [-0.05, 0) is 38.1 Å². The molecule has 3 rings (SSSR count). The molecule has 1 aromatic heterocycles. The van der Waals surface area contributed by atoms with E-state index >= 15 is 0 Å². The predicted molar refractivity (Wildman–Crippen MR) is 106 cm³/mol.